The van der Waals surface area contributed by atoms with Crippen molar-refractivity contribution in [2.45, 2.75) is 0 Å². The molecular formula is C17H18N6O3. The number of aromatic amines is 1. The Hall–Kier alpha value is -3.07. The van der Waals surface area contributed by atoms with E-state index in [0.29, 0.717) is 17.5 Å². The molecule has 1 N–H and O–H groups in total. The molecule has 0 saturated carbocycles. The van der Waals surface area contributed by atoms with Crippen molar-refractivity contribution in [1.82, 2.24) is 25.2 Å². The largest absolute Gasteiger partial charge is 0.454 e. The van der Waals surface area contributed by atoms with Gasteiger partial charge in [0.1, 0.15) is 5.69 Å². The van der Waals surface area contributed by atoms with Crippen LogP contribution in [0.25, 0.3) is 22.8 Å². The molecule has 1 fully saturated rings. The van der Waals surface area contributed by atoms with E-state index in [-0.39, 0.29) is 6.79 Å². The molecule has 1 saturated heterocycles. The first-order valence-electron chi connectivity index (χ1n) is 8.49. The number of likely N-dealkylation sites (N-methyl/N-ethyl adjacent to an activating group) is 1. The summed E-state index contributed by atoms with van der Waals surface area (Å²) in [6.45, 7) is 4.01. The first kappa shape index (κ1) is 15.2. The number of hydrogen-bond acceptors (Lipinski definition) is 8. The van der Waals surface area contributed by atoms with Crippen molar-refractivity contribution in [2.24, 2.45) is 0 Å². The minimum Gasteiger partial charge on any atom is -0.454 e. The third-order valence-corrected chi connectivity index (χ3v) is 4.68. The van der Waals surface area contributed by atoms with Crippen molar-refractivity contribution in [3.63, 3.8) is 0 Å². The van der Waals surface area contributed by atoms with Gasteiger partial charge in [0.05, 0.1) is 5.69 Å². The molecule has 0 bridgehead atoms. The van der Waals surface area contributed by atoms with Crippen LogP contribution in [0, 0.1) is 0 Å². The molecule has 2 aliphatic rings. The summed E-state index contributed by atoms with van der Waals surface area (Å²) in [5.41, 5.74) is 2.39. The number of benzene rings is 1. The van der Waals surface area contributed by atoms with Gasteiger partial charge in [0.25, 0.3) is 11.8 Å². The van der Waals surface area contributed by atoms with Crippen LogP contribution in [0.15, 0.2) is 28.8 Å². The maximum absolute atomic E-state index is 5.42. The molecule has 2 aliphatic heterocycles. The van der Waals surface area contributed by atoms with Crippen LogP contribution in [0.2, 0.25) is 0 Å². The molecular weight excluding hydrogens is 336 g/mol. The van der Waals surface area contributed by atoms with E-state index in [9.17, 15) is 0 Å². The van der Waals surface area contributed by atoms with Crippen molar-refractivity contribution in [3.8, 4) is 34.3 Å². The summed E-state index contributed by atoms with van der Waals surface area (Å²) in [4.78, 5) is 8.92. The van der Waals surface area contributed by atoms with Gasteiger partial charge in [-0.1, -0.05) is 0 Å². The summed E-state index contributed by atoms with van der Waals surface area (Å²) in [5, 5.41) is 11.4. The second kappa shape index (κ2) is 6.03. The zero-order valence-corrected chi connectivity index (χ0v) is 14.3. The Morgan fingerprint density at radius 1 is 1.04 bits per heavy atom. The van der Waals surface area contributed by atoms with E-state index < -0.39 is 0 Å². The van der Waals surface area contributed by atoms with E-state index in [2.05, 4.69) is 37.2 Å². The maximum atomic E-state index is 5.42. The lowest BCUT2D eigenvalue weighted by atomic mass is 10.1. The smallest absolute Gasteiger partial charge is 0.277 e. The lowest BCUT2D eigenvalue weighted by molar-refractivity contribution is 0.174. The van der Waals surface area contributed by atoms with E-state index in [4.69, 9.17) is 14.0 Å². The van der Waals surface area contributed by atoms with E-state index in [0.717, 1.165) is 48.9 Å². The highest BCUT2D eigenvalue weighted by Crippen LogP contribution is 2.36. The lowest BCUT2D eigenvalue weighted by Crippen LogP contribution is -2.44. The van der Waals surface area contributed by atoms with Crippen LogP contribution in [0.5, 0.6) is 11.5 Å². The first-order valence-corrected chi connectivity index (χ1v) is 8.49. The minimum absolute atomic E-state index is 0.252. The standard InChI is InChI=1S/C17H18N6O3/c1-22-4-6-23(7-5-22)17-18-16(26-21-17)13-9-12(19-20-13)11-2-3-14-15(8-11)25-10-24-14/h2-3,8-9H,4-7,10H2,1H3,(H,19,20). The van der Waals surface area contributed by atoms with E-state index in [1.54, 1.807) is 0 Å². The fraction of sp³-hybridized carbons (Fsp3) is 0.353. The number of H-pyrrole nitrogens is 1. The summed E-state index contributed by atoms with van der Waals surface area (Å²) < 4.78 is 16.2. The molecule has 2 aromatic heterocycles. The molecule has 5 rings (SSSR count). The Kier molecular flexibility index (Phi) is 3.52. The molecule has 134 valence electrons. The van der Waals surface area contributed by atoms with Crippen molar-refractivity contribution < 1.29 is 14.0 Å². The van der Waals surface area contributed by atoms with Crippen LogP contribution < -0.4 is 14.4 Å². The Bertz CT molecular complexity index is 928. The monoisotopic (exact) mass is 354 g/mol. The molecule has 0 radical (unpaired) electrons. The molecule has 0 aliphatic carbocycles. The number of anilines is 1. The zero-order chi connectivity index (χ0) is 17.5. The van der Waals surface area contributed by atoms with Gasteiger partial charge in [0.2, 0.25) is 6.79 Å². The third kappa shape index (κ3) is 2.66. The van der Waals surface area contributed by atoms with Gasteiger partial charge < -0.3 is 23.8 Å². The highest BCUT2D eigenvalue weighted by atomic mass is 16.7. The maximum Gasteiger partial charge on any atom is 0.277 e. The number of ether oxygens (including phenoxy) is 2. The van der Waals surface area contributed by atoms with Gasteiger partial charge in [-0.3, -0.25) is 5.10 Å². The normalized spacial score (nSPS) is 17.0. The Balaban J connectivity index is 1.37. The van der Waals surface area contributed by atoms with Gasteiger partial charge in [-0.25, -0.2) is 0 Å². The van der Waals surface area contributed by atoms with Crippen LogP contribution >= 0.6 is 0 Å². The summed E-state index contributed by atoms with van der Waals surface area (Å²) in [7, 11) is 2.11. The number of hydrogen-bond donors (Lipinski definition) is 1. The highest BCUT2D eigenvalue weighted by Gasteiger charge is 2.21. The molecule has 0 amide bonds. The molecule has 26 heavy (non-hydrogen) atoms. The van der Waals surface area contributed by atoms with Crippen LogP contribution in [-0.4, -0.2) is 65.3 Å². The molecule has 0 unspecified atom stereocenters. The van der Waals surface area contributed by atoms with Gasteiger partial charge in [-0.2, -0.15) is 10.1 Å². The number of nitrogens with one attached hydrogen (secondary N) is 1. The van der Waals surface area contributed by atoms with Crippen LogP contribution in [0.4, 0.5) is 5.95 Å². The fourth-order valence-electron chi connectivity index (χ4n) is 3.10. The predicted octanol–water partition coefficient (Wildman–Crippen LogP) is 1.61. The fourth-order valence-corrected chi connectivity index (χ4v) is 3.10. The van der Waals surface area contributed by atoms with E-state index >= 15 is 0 Å². The van der Waals surface area contributed by atoms with Crippen molar-refractivity contribution in [1.29, 1.82) is 0 Å². The first-order chi connectivity index (χ1) is 12.8. The molecule has 9 heteroatoms. The van der Waals surface area contributed by atoms with Crippen molar-refractivity contribution in [3.05, 3.63) is 24.3 Å². The van der Waals surface area contributed by atoms with Gasteiger partial charge in [-0.15, -0.1) is 0 Å². The number of aromatic nitrogens is 4. The molecule has 4 heterocycles. The topological polar surface area (TPSA) is 92.5 Å². The van der Waals surface area contributed by atoms with Gasteiger partial charge in [0.15, 0.2) is 11.5 Å². The summed E-state index contributed by atoms with van der Waals surface area (Å²) in [6.07, 6.45) is 0. The quantitative estimate of drug-likeness (QED) is 0.758. The predicted molar refractivity (Wildman–Crippen MR) is 93.1 cm³/mol. The van der Waals surface area contributed by atoms with Crippen LogP contribution in [0.1, 0.15) is 0 Å². The zero-order valence-electron chi connectivity index (χ0n) is 14.3. The highest BCUT2D eigenvalue weighted by molar-refractivity contribution is 5.68. The molecule has 3 aromatic rings. The van der Waals surface area contributed by atoms with Gasteiger partial charge in [0, 0.05) is 31.7 Å². The lowest BCUT2D eigenvalue weighted by Gasteiger charge is -2.31. The molecule has 0 spiro atoms. The Labute approximate surface area is 149 Å². The van der Waals surface area contributed by atoms with Gasteiger partial charge >= 0.3 is 0 Å². The van der Waals surface area contributed by atoms with E-state index in [1.807, 2.05) is 24.3 Å². The van der Waals surface area contributed by atoms with Crippen molar-refractivity contribution in [2.75, 3.05) is 44.9 Å². The third-order valence-electron chi connectivity index (χ3n) is 4.68. The second-order valence-corrected chi connectivity index (χ2v) is 6.42. The SMILES string of the molecule is CN1CCN(c2noc(-c3cc(-c4ccc5c(c4)OCO5)n[nH]3)n2)CC1. The van der Waals surface area contributed by atoms with Crippen LogP contribution in [-0.2, 0) is 0 Å². The van der Waals surface area contributed by atoms with Gasteiger partial charge in [-0.05, 0) is 36.5 Å². The minimum atomic E-state index is 0.252. The van der Waals surface area contributed by atoms with E-state index in [1.165, 1.54) is 0 Å². The summed E-state index contributed by atoms with van der Waals surface area (Å²) in [5.74, 6) is 2.52. The van der Waals surface area contributed by atoms with Crippen molar-refractivity contribution >= 4 is 5.95 Å². The molecule has 0 atom stereocenters. The average Bonchev–Trinajstić information content (AvgIpc) is 3.40. The number of piperazine rings is 1. The number of fused-ring (bicyclic) bond motifs is 1. The molecule has 9 nitrogen and oxygen atoms in total. The summed E-state index contributed by atoms with van der Waals surface area (Å²) >= 11 is 0. The molecule has 1 aromatic carbocycles. The summed E-state index contributed by atoms with van der Waals surface area (Å²) in [6, 6.07) is 7.62. The second-order valence-electron chi connectivity index (χ2n) is 6.42. The van der Waals surface area contributed by atoms with Crippen LogP contribution in [0.3, 0.4) is 0 Å². The number of rotatable bonds is 3. The Morgan fingerprint density at radius 3 is 2.77 bits per heavy atom. The average molecular weight is 354 g/mol. The Morgan fingerprint density at radius 2 is 1.88 bits per heavy atom. The number of nitrogens with zero attached hydrogens (tertiary/aromatic N) is 5.